The molecule has 1 aromatic heterocycles. The van der Waals surface area contributed by atoms with E-state index in [0.29, 0.717) is 5.02 Å². The van der Waals surface area contributed by atoms with Crippen LogP contribution in [0.3, 0.4) is 0 Å². The van der Waals surface area contributed by atoms with Crippen molar-refractivity contribution in [3.8, 4) is 0 Å². The minimum atomic E-state index is -0.475. The quantitative estimate of drug-likeness (QED) is 0.912. The van der Waals surface area contributed by atoms with Gasteiger partial charge in [0.2, 0.25) is 0 Å². The molecule has 1 aromatic carbocycles. The summed E-state index contributed by atoms with van der Waals surface area (Å²) in [4.78, 5) is 15.6. The van der Waals surface area contributed by atoms with E-state index in [4.69, 9.17) is 23.2 Å². The molecule has 0 atom stereocenters. The van der Waals surface area contributed by atoms with Gasteiger partial charge in [0, 0.05) is 5.02 Å². The van der Waals surface area contributed by atoms with Gasteiger partial charge in [0.15, 0.2) is 0 Å². The molecule has 1 heterocycles. The summed E-state index contributed by atoms with van der Waals surface area (Å²) in [6.07, 6.45) is 1.01. The zero-order valence-corrected chi connectivity index (χ0v) is 10.5. The Balaban J connectivity index is 2.19. The molecule has 0 aliphatic rings. The molecule has 0 aliphatic heterocycles. The van der Waals surface area contributed by atoms with E-state index in [0.717, 1.165) is 6.20 Å². The summed E-state index contributed by atoms with van der Waals surface area (Å²) in [6, 6.07) is 7.09. The molecule has 6 heteroatoms. The third-order valence-electron chi connectivity index (χ3n) is 2.14. The number of anilines is 1. The number of carbonyl (C=O) groups excluding carboxylic acids is 1. The highest BCUT2D eigenvalue weighted by atomic mass is 35.5. The Morgan fingerprint density at radius 1 is 1.22 bits per heavy atom. The predicted molar refractivity (Wildman–Crippen MR) is 68.6 cm³/mol. The molecule has 1 amide bonds. The van der Waals surface area contributed by atoms with Gasteiger partial charge in [0.25, 0.3) is 5.91 Å². The van der Waals surface area contributed by atoms with Crippen molar-refractivity contribution >= 4 is 34.9 Å². The molecule has 0 bridgehead atoms. The Morgan fingerprint density at radius 3 is 2.61 bits per heavy atom. The molecule has 92 valence electrons. The lowest BCUT2D eigenvalue weighted by molar-refractivity contribution is 0.102. The number of pyridine rings is 1. The molecular weight excluding hydrogens is 278 g/mol. The van der Waals surface area contributed by atoms with Gasteiger partial charge in [-0.1, -0.05) is 23.2 Å². The van der Waals surface area contributed by atoms with E-state index >= 15 is 0 Å². The zero-order valence-electron chi connectivity index (χ0n) is 8.95. The fourth-order valence-electron chi connectivity index (χ4n) is 1.31. The average molecular weight is 285 g/mol. The van der Waals surface area contributed by atoms with E-state index in [1.807, 2.05) is 0 Å². The van der Waals surface area contributed by atoms with Crippen molar-refractivity contribution in [1.82, 2.24) is 4.98 Å². The number of benzene rings is 1. The summed E-state index contributed by atoms with van der Waals surface area (Å²) in [5.41, 5.74) is 0.271. The maximum Gasteiger partial charge on any atom is 0.258 e. The number of hydrogen-bond acceptors (Lipinski definition) is 2. The number of hydrogen-bond donors (Lipinski definition) is 1. The predicted octanol–water partition coefficient (Wildman–Crippen LogP) is 3.78. The van der Waals surface area contributed by atoms with Crippen LogP contribution in [-0.4, -0.2) is 10.9 Å². The largest absolute Gasteiger partial charge is 0.307 e. The van der Waals surface area contributed by atoms with Gasteiger partial charge in [0.1, 0.15) is 11.6 Å². The second-order valence-electron chi connectivity index (χ2n) is 3.44. The van der Waals surface area contributed by atoms with Crippen LogP contribution in [0.1, 0.15) is 10.4 Å². The molecule has 0 spiro atoms. The fraction of sp³-hybridized carbons (Fsp3) is 0. The summed E-state index contributed by atoms with van der Waals surface area (Å²) in [6.45, 7) is 0. The SMILES string of the molecule is O=C(Nc1ccc(F)cn1)c1ccc(Cl)cc1Cl. The Kier molecular flexibility index (Phi) is 3.79. The fourth-order valence-corrected chi connectivity index (χ4v) is 1.80. The lowest BCUT2D eigenvalue weighted by Gasteiger charge is -2.06. The van der Waals surface area contributed by atoms with Gasteiger partial charge in [-0.3, -0.25) is 4.79 Å². The lowest BCUT2D eigenvalue weighted by atomic mass is 10.2. The first-order valence-corrected chi connectivity index (χ1v) is 5.70. The van der Waals surface area contributed by atoms with Gasteiger partial charge in [0.05, 0.1) is 16.8 Å². The topological polar surface area (TPSA) is 42.0 Å². The van der Waals surface area contributed by atoms with Crippen molar-refractivity contribution in [2.24, 2.45) is 0 Å². The molecular formula is C12H7Cl2FN2O. The Labute approximate surface area is 113 Å². The van der Waals surface area contributed by atoms with Crippen molar-refractivity contribution in [3.63, 3.8) is 0 Å². The molecule has 0 fully saturated rings. The first-order chi connectivity index (χ1) is 8.56. The third-order valence-corrected chi connectivity index (χ3v) is 2.69. The second-order valence-corrected chi connectivity index (χ2v) is 4.28. The number of nitrogens with one attached hydrogen (secondary N) is 1. The summed E-state index contributed by atoms with van der Waals surface area (Å²) in [5, 5.41) is 3.18. The minimum absolute atomic E-state index is 0.238. The number of amides is 1. The van der Waals surface area contributed by atoms with Gasteiger partial charge in [-0.15, -0.1) is 0 Å². The monoisotopic (exact) mass is 284 g/mol. The highest BCUT2D eigenvalue weighted by Gasteiger charge is 2.11. The highest BCUT2D eigenvalue weighted by Crippen LogP contribution is 2.21. The third kappa shape index (κ3) is 2.97. The summed E-state index contributed by atoms with van der Waals surface area (Å²) in [7, 11) is 0. The van der Waals surface area contributed by atoms with E-state index in [9.17, 15) is 9.18 Å². The van der Waals surface area contributed by atoms with Crippen LogP contribution in [0.5, 0.6) is 0 Å². The van der Waals surface area contributed by atoms with Crippen molar-refractivity contribution in [1.29, 1.82) is 0 Å². The van der Waals surface area contributed by atoms with Crippen molar-refractivity contribution in [2.45, 2.75) is 0 Å². The summed E-state index contributed by atoms with van der Waals surface area (Å²) >= 11 is 11.6. The van der Waals surface area contributed by atoms with Crippen LogP contribution in [-0.2, 0) is 0 Å². The molecule has 0 saturated carbocycles. The Bertz CT molecular complexity index is 587. The molecule has 0 saturated heterocycles. The number of rotatable bonds is 2. The molecule has 1 N–H and O–H groups in total. The molecule has 2 rings (SSSR count). The first kappa shape index (κ1) is 12.8. The molecule has 0 radical (unpaired) electrons. The second kappa shape index (κ2) is 5.33. The number of carbonyl (C=O) groups is 1. The maximum absolute atomic E-state index is 12.6. The first-order valence-electron chi connectivity index (χ1n) is 4.94. The molecule has 2 aromatic rings. The molecule has 0 aliphatic carbocycles. The average Bonchev–Trinajstić information content (AvgIpc) is 2.32. The van der Waals surface area contributed by atoms with Crippen molar-refractivity contribution < 1.29 is 9.18 Å². The summed E-state index contributed by atoms with van der Waals surface area (Å²) in [5.74, 6) is -0.666. The van der Waals surface area contributed by atoms with Crippen molar-refractivity contribution in [3.05, 3.63) is 58.0 Å². The van der Waals surface area contributed by atoms with Gasteiger partial charge in [-0.05, 0) is 30.3 Å². The Morgan fingerprint density at radius 2 is 2.00 bits per heavy atom. The van der Waals surface area contributed by atoms with E-state index in [1.54, 1.807) is 6.07 Å². The van der Waals surface area contributed by atoms with Crippen molar-refractivity contribution in [2.75, 3.05) is 5.32 Å². The van der Waals surface area contributed by atoms with Gasteiger partial charge in [-0.25, -0.2) is 9.37 Å². The van der Waals surface area contributed by atoms with E-state index < -0.39 is 11.7 Å². The molecule has 3 nitrogen and oxygen atoms in total. The van der Waals surface area contributed by atoms with E-state index in [-0.39, 0.29) is 16.4 Å². The zero-order chi connectivity index (χ0) is 13.1. The van der Waals surface area contributed by atoms with Crippen LogP contribution in [0.4, 0.5) is 10.2 Å². The van der Waals surface area contributed by atoms with Crippen LogP contribution in [0.25, 0.3) is 0 Å². The number of halogens is 3. The van der Waals surface area contributed by atoms with Gasteiger partial charge < -0.3 is 5.32 Å². The Hall–Kier alpha value is -1.65. The summed E-state index contributed by atoms with van der Waals surface area (Å²) < 4.78 is 12.6. The minimum Gasteiger partial charge on any atom is -0.307 e. The maximum atomic E-state index is 12.6. The molecule has 18 heavy (non-hydrogen) atoms. The number of aromatic nitrogens is 1. The normalized spacial score (nSPS) is 10.2. The smallest absolute Gasteiger partial charge is 0.258 e. The van der Waals surface area contributed by atoms with Crippen LogP contribution in [0, 0.1) is 5.82 Å². The van der Waals surface area contributed by atoms with Crippen LogP contribution < -0.4 is 5.32 Å². The molecule has 0 unspecified atom stereocenters. The lowest BCUT2D eigenvalue weighted by Crippen LogP contribution is -2.13. The standard InChI is InChI=1S/C12H7Cl2FN2O/c13-7-1-3-9(10(14)5-7)12(18)17-11-4-2-8(15)6-16-11/h1-6H,(H,16,17,18). The van der Waals surface area contributed by atoms with Gasteiger partial charge >= 0.3 is 0 Å². The highest BCUT2D eigenvalue weighted by molar-refractivity contribution is 6.37. The van der Waals surface area contributed by atoms with E-state index in [1.165, 1.54) is 24.3 Å². The van der Waals surface area contributed by atoms with Crippen LogP contribution >= 0.6 is 23.2 Å². The van der Waals surface area contributed by atoms with Crippen LogP contribution in [0.15, 0.2) is 36.5 Å². The van der Waals surface area contributed by atoms with Crippen LogP contribution in [0.2, 0.25) is 10.0 Å². The number of nitrogens with zero attached hydrogens (tertiary/aromatic N) is 1. The van der Waals surface area contributed by atoms with E-state index in [2.05, 4.69) is 10.3 Å². The van der Waals surface area contributed by atoms with Gasteiger partial charge in [-0.2, -0.15) is 0 Å².